The number of rotatable bonds is 2. The van der Waals surface area contributed by atoms with E-state index in [-0.39, 0.29) is 12.5 Å². The summed E-state index contributed by atoms with van der Waals surface area (Å²) in [6.07, 6.45) is 3.18. The van der Waals surface area contributed by atoms with Gasteiger partial charge in [0.1, 0.15) is 0 Å². The Morgan fingerprint density at radius 3 is 2.29 bits per heavy atom. The van der Waals surface area contributed by atoms with E-state index < -0.39 is 6.10 Å². The van der Waals surface area contributed by atoms with Gasteiger partial charge < -0.3 is 10.2 Å². The van der Waals surface area contributed by atoms with Crippen LogP contribution in [0.2, 0.25) is 0 Å². The summed E-state index contributed by atoms with van der Waals surface area (Å²) in [4.78, 5) is 0. The maximum absolute atomic E-state index is 8.69. The fraction of sp³-hybridized carbons (Fsp3) is 0.600. The summed E-state index contributed by atoms with van der Waals surface area (Å²) in [6.45, 7) is -0.127. The molecule has 2 heteroatoms. The standard InChI is InChI=1S/C5H8O2/c6-3-5(7)4-1-2-4/h1-2,4-7H,3H2. The summed E-state index contributed by atoms with van der Waals surface area (Å²) < 4.78 is 0. The van der Waals surface area contributed by atoms with Gasteiger partial charge in [-0.15, -0.1) is 0 Å². The number of aliphatic hydroxyl groups excluding tert-OH is 2. The minimum Gasteiger partial charge on any atom is -0.394 e. The molecule has 2 N–H and O–H groups in total. The van der Waals surface area contributed by atoms with E-state index in [1.54, 1.807) is 0 Å². The molecule has 0 amide bonds. The van der Waals surface area contributed by atoms with Crippen LogP contribution in [0.15, 0.2) is 12.2 Å². The molecule has 1 aliphatic rings. The smallest absolute Gasteiger partial charge is 0.0867 e. The Kier molecular flexibility index (Phi) is 1.13. The molecule has 1 atom stereocenters. The molecule has 40 valence electrons. The summed E-state index contributed by atoms with van der Waals surface area (Å²) in [5, 5.41) is 16.9. The van der Waals surface area contributed by atoms with Gasteiger partial charge in [0, 0.05) is 5.92 Å². The van der Waals surface area contributed by atoms with Crippen molar-refractivity contribution in [1.29, 1.82) is 0 Å². The van der Waals surface area contributed by atoms with E-state index in [9.17, 15) is 0 Å². The van der Waals surface area contributed by atoms with Gasteiger partial charge in [-0.25, -0.2) is 0 Å². The highest BCUT2D eigenvalue weighted by Gasteiger charge is 2.19. The Balaban J connectivity index is 2.12. The monoisotopic (exact) mass is 100 g/mol. The van der Waals surface area contributed by atoms with Crippen molar-refractivity contribution >= 4 is 0 Å². The van der Waals surface area contributed by atoms with E-state index in [4.69, 9.17) is 10.2 Å². The van der Waals surface area contributed by atoms with Crippen LogP contribution >= 0.6 is 0 Å². The van der Waals surface area contributed by atoms with Crippen molar-refractivity contribution in [3.8, 4) is 0 Å². The molecule has 2 nitrogen and oxygen atoms in total. The third kappa shape index (κ3) is 1.01. The molecule has 1 aliphatic carbocycles. The van der Waals surface area contributed by atoms with Crippen LogP contribution in [-0.4, -0.2) is 22.9 Å². The molecule has 1 rings (SSSR count). The van der Waals surface area contributed by atoms with E-state index in [0.717, 1.165) is 0 Å². The Bertz CT molecular complexity index is 82.1. The minimum absolute atomic E-state index is 0.127. The summed E-state index contributed by atoms with van der Waals surface area (Å²) in [5.74, 6) is 0.171. The molecule has 0 aromatic carbocycles. The Labute approximate surface area is 42.1 Å². The van der Waals surface area contributed by atoms with E-state index in [1.807, 2.05) is 12.2 Å². The highest BCUT2D eigenvalue weighted by atomic mass is 16.3. The number of hydrogen-bond donors (Lipinski definition) is 2. The van der Waals surface area contributed by atoms with Crippen molar-refractivity contribution in [3.05, 3.63) is 12.2 Å². The van der Waals surface area contributed by atoms with Gasteiger partial charge >= 0.3 is 0 Å². The van der Waals surface area contributed by atoms with Crippen molar-refractivity contribution in [2.75, 3.05) is 6.61 Å². The third-order valence-corrected chi connectivity index (χ3v) is 1.05. The molecule has 7 heavy (non-hydrogen) atoms. The molecule has 0 spiro atoms. The average Bonchev–Trinajstić information content (AvgIpc) is 2.44. The molecular weight excluding hydrogens is 92.1 g/mol. The van der Waals surface area contributed by atoms with Crippen LogP contribution in [0, 0.1) is 5.92 Å². The highest BCUT2D eigenvalue weighted by Crippen LogP contribution is 2.19. The Morgan fingerprint density at radius 1 is 1.57 bits per heavy atom. The molecule has 0 aromatic heterocycles. The zero-order valence-electron chi connectivity index (χ0n) is 3.91. The lowest BCUT2D eigenvalue weighted by atomic mass is 10.2. The van der Waals surface area contributed by atoms with Crippen LogP contribution in [0.4, 0.5) is 0 Å². The van der Waals surface area contributed by atoms with Crippen molar-refractivity contribution in [1.82, 2.24) is 0 Å². The molecule has 0 aliphatic heterocycles. The minimum atomic E-state index is -0.542. The SMILES string of the molecule is OCC(O)C1C=C1. The number of aliphatic hydroxyl groups is 2. The van der Waals surface area contributed by atoms with Gasteiger partial charge in [0.25, 0.3) is 0 Å². The van der Waals surface area contributed by atoms with Gasteiger partial charge in [0.05, 0.1) is 12.7 Å². The molecule has 0 saturated carbocycles. The van der Waals surface area contributed by atoms with Gasteiger partial charge in [-0.2, -0.15) is 0 Å². The van der Waals surface area contributed by atoms with E-state index in [0.29, 0.717) is 0 Å². The van der Waals surface area contributed by atoms with Crippen LogP contribution in [0.3, 0.4) is 0 Å². The zero-order chi connectivity index (χ0) is 5.28. The number of hydrogen-bond acceptors (Lipinski definition) is 2. The van der Waals surface area contributed by atoms with E-state index in [1.165, 1.54) is 0 Å². The lowest BCUT2D eigenvalue weighted by Gasteiger charge is -2.01. The largest absolute Gasteiger partial charge is 0.394 e. The summed E-state index contributed by atoms with van der Waals surface area (Å²) in [5.41, 5.74) is 0. The first-order valence-corrected chi connectivity index (χ1v) is 2.32. The first-order valence-electron chi connectivity index (χ1n) is 2.32. The molecule has 0 bridgehead atoms. The van der Waals surface area contributed by atoms with Gasteiger partial charge in [0.15, 0.2) is 0 Å². The van der Waals surface area contributed by atoms with Gasteiger partial charge in [0.2, 0.25) is 0 Å². The van der Waals surface area contributed by atoms with Crippen molar-refractivity contribution in [2.24, 2.45) is 5.92 Å². The normalized spacial score (nSPS) is 22.6. The lowest BCUT2D eigenvalue weighted by molar-refractivity contribution is 0.0845. The second-order valence-electron chi connectivity index (χ2n) is 1.71. The van der Waals surface area contributed by atoms with Gasteiger partial charge in [-0.3, -0.25) is 0 Å². The first kappa shape index (κ1) is 4.81. The fourth-order valence-corrected chi connectivity index (χ4v) is 0.442. The predicted octanol–water partition coefficient (Wildman–Crippen LogP) is -0.474. The summed E-state index contributed by atoms with van der Waals surface area (Å²) in [6, 6.07) is 0. The molecule has 1 unspecified atom stereocenters. The van der Waals surface area contributed by atoms with E-state index >= 15 is 0 Å². The highest BCUT2D eigenvalue weighted by molar-refractivity contribution is 5.16. The molecule has 0 saturated heterocycles. The van der Waals surface area contributed by atoms with Crippen molar-refractivity contribution in [3.63, 3.8) is 0 Å². The van der Waals surface area contributed by atoms with Gasteiger partial charge in [-0.05, 0) is 0 Å². The van der Waals surface area contributed by atoms with Crippen LogP contribution in [0.1, 0.15) is 0 Å². The first-order chi connectivity index (χ1) is 3.34. The van der Waals surface area contributed by atoms with Crippen LogP contribution in [0.25, 0.3) is 0 Å². The van der Waals surface area contributed by atoms with E-state index in [2.05, 4.69) is 0 Å². The second kappa shape index (κ2) is 1.64. The Morgan fingerprint density at radius 2 is 2.14 bits per heavy atom. The zero-order valence-corrected chi connectivity index (χ0v) is 3.91. The molecule has 0 fully saturated rings. The van der Waals surface area contributed by atoms with Crippen LogP contribution in [-0.2, 0) is 0 Å². The maximum atomic E-state index is 8.69. The topological polar surface area (TPSA) is 40.5 Å². The summed E-state index contributed by atoms with van der Waals surface area (Å²) >= 11 is 0. The molecule has 0 radical (unpaired) electrons. The third-order valence-electron chi connectivity index (χ3n) is 1.05. The Hall–Kier alpha value is -0.340. The van der Waals surface area contributed by atoms with Crippen molar-refractivity contribution in [2.45, 2.75) is 6.10 Å². The fourth-order valence-electron chi connectivity index (χ4n) is 0.442. The molecule has 0 heterocycles. The lowest BCUT2D eigenvalue weighted by Crippen LogP contribution is -2.14. The quantitative estimate of drug-likeness (QED) is 0.460. The molecule has 0 aromatic rings. The van der Waals surface area contributed by atoms with Gasteiger partial charge in [-0.1, -0.05) is 12.2 Å². The predicted molar refractivity (Wildman–Crippen MR) is 25.7 cm³/mol. The maximum Gasteiger partial charge on any atom is 0.0867 e. The van der Waals surface area contributed by atoms with Crippen molar-refractivity contribution < 1.29 is 10.2 Å². The second-order valence-corrected chi connectivity index (χ2v) is 1.71. The average molecular weight is 100 g/mol. The van der Waals surface area contributed by atoms with Crippen LogP contribution in [0.5, 0.6) is 0 Å². The molecular formula is C5H8O2. The van der Waals surface area contributed by atoms with Crippen LogP contribution < -0.4 is 0 Å². The summed E-state index contributed by atoms with van der Waals surface area (Å²) in [7, 11) is 0.